The lowest BCUT2D eigenvalue weighted by Crippen LogP contribution is -2.12. The van der Waals surface area contributed by atoms with E-state index in [9.17, 15) is 9.59 Å². The van der Waals surface area contributed by atoms with Crippen LogP contribution in [0.4, 0.5) is 0 Å². The maximum absolute atomic E-state index is 10.9. The van der Waals surface area contributed by atoms with Crippen LogP contribution in [0.15, 0.2) is 30.3 Å². The molecule has 0 aromatic heterocycles. The summed E-state index contributed by atoms with van der Waals surface area (Å²) in [7, 11) is 0. The molecule has 0 heterocycles. The fourth-order valence-corrected chi connectivity index (χ4v) is 1.04. The Labute approximate surface area is 81.2 Å². The molecule has 0 fully saturated rings. The van der Waals surface area contributed by atoms with Gasteiger partial charge in [-0.25, -0.2) is 0 Å². The number of benzene rings is 1. The van der Waals surface area contributed by atoms with Gasteiger partial charge in [0.2, 0.25) is 11.8 Å². The number of amides is 2. The van der Waals surface area contributed by atoms with Crippen molar-refractivity contribution in [1.29, 1.82) is 0 Å². The lowest BCUT2D eigenvalue weighted by Gasteiger charge is -1.99. The van der Waals surface area contributed by atoms with Crippen LogP contribution >= 0.6 is 0 Å². The molecule has 4 heteroatoms. The first-order valence-corrected chi connectivity index (χ1v) is 3.97. The molecule has 0 radical (unpaired) electrons. The second kappa shape index (κ2) is 4.23. The lowest BCUT2D eigenvalue weighted by molar-refractivity contribution is -0.113. The molecule has 1 rings (SSSR count). The maximum atomic E-state index is 10.9. The van der Waals surface area contributed by atoms with Crippen molar-refractivity contribution in [3.8, 4) is 0 Å². The Morgan fingerprint density at radius 3 is 2.36 bits per heavy atom. The summed E-state index contributed by atoms with van der Waals surface area (Å²) in [6, 6.07) is 6.71. The van der Waals surface area contributed by atoms with E-state index in [1.165, 1.54) is 12.2 Å². The Balaban J connectivity index is 3.07. The van der Waals surface area contributed by atoms with Gasteiger partial charge in [0.15, 0.2) is 0 Å². The van der Waals surface area contributed by atoms with Crippen molar-refractivity contribution in [2.24, 2.45) is 11.5 Å². The summed E-state index contributed by atoms with van der Waals surface area (Å²) < 4.78 is 0. The van der Waals surface area contributed by atoms with Gasteiger partial charge in [-0.2, -0.15) is 0 Å². The van der Waals surface area contributed by atoms with E-state index < -0.39 is 11.8 Å². The van der Waals surface area contributed by atoms with Gasteiger partial charge in [-0.05, 0) is 17.7 Å². The van der Waals surface area contributed by atoms with Gasteiger partial charge >= 0.3 is 0 Å². The number of hydrogen-bond acceptors (Lipinski definition) is 2. The van der Waals surface area contributed by atoms with Gasteiger partial charge in [0, 0.05) is 11.6 Å². The fourth-order valence-electron chi connectivity index (χ4n) is 1.04. The topological polar surface area (TPSA) is 86.2 Å². The average Bonchev–Trinajstić information content (AvgIpc) is 2.15. The van der Waals surface area contributed by atoms with Crippen molar-refractivity contribution in [1.82, 2.24) is 0 Å². The number of carbonyl (C=O) groups is 2. The molecule has 0 atom stereocenters. The molecule has 72 valence electrons. The first-order chi connectivity index (χ1) is 6.61. The molecule has 2 amide bonds. The summed E-state index contributed by atoms with van der Waals surface area (Å²) in [6.07, 6.45) is 2.64. The van der Waals surface area contributed by atoms with E-state index in [0.29, 0.717) is 11.1 Å². The molecule has 0 aliphatic heterocycles. The molecule has 4 N–H and O–H groups in total. The largest absolute Gasteiger partial charge is 0.366 e. The molecule has 4 nitrogen and oxygen atoms in total. The molecule has 0 bridgehead atoms. The summed E-state index contributed by atoms with van der Waals surface area (Å²) in [5.74, 6) is -1.10. The molecule has 0 saturated carbocycles. The first-order valence-electron chi connectivity index (χ1n) is 3.97. The second-order valence-corrected chi connectivity index (χ2v) is 2.69. The highest BCUT2D eigenvalue weighted by atomic mass is 16.1. The highest BCUT2D eigenvalue weighted by Crippen LogP contribution is 2.09. The Kier molecular flexibility index (Phi) is 3.01. The van der Waals surface area contributed by atoms with Gasteiger partial charge in [0.25, 0.3) is 0 Å². The third kappa shape index (κ3) is 2.45. The van der Waals surface area contributed by atoms with Crippen LogP contribution in [0.1, 0.15) is 15.9 Å². The highest BCUT2D eigenvalue weighted by molar-refractivity contribution is 5.98. The van der Waals surface area contributed by atoms with Gasteiger partial charge in [-0.15, -0.1) is 0 Å². The van der Waals surface area contributed by atoms with Gasteiger partial charge in [0.05, 0.1) is 0 Å². The second-order valence-electron chi connectivity index (χ2n) is 2.69. The van der Waals surface area contributed by atoms with Crippen LogP contribution in [0.2, 0.25) is 0 Å². The molecule has 0 aliphatic carbocycles. The van der Waals surface area contributed by atoms with Gasteiger partial charge in [-0.3, -0.25) is 9.59 Å². The molecule has 0 saturated heterocycles. The van der Waals surface area contributed by atoms with Crippen LogP contribution in [0.5, 0.6) is 0 Å². The van der Waals surface area contributed by atoms with E-state index in [1.54, 1.807) is 24.3 Å². The fraction of sp³-hybridized carbons (Fsp3) is 0. The van der Waals surface area contributed by atoms with Crippen LogP contribution < -0.4 is 11.5 Å². The molecule has 0 unspecified atom stereocenters. The average molecular weight is 190 g/mol. The Bertz CT molecular complexity index is 397. The quantitative estimate of drug-likeness (QED) is 0.671. The van der Waals surface area contributed by atoms with Crippen LogP contribution in [0, 0.1) is 0 Å². The minimum absolute atomic E-state index is 0.366. The smallest absolute Gasteiger partial charge is 0.249 e. The molecular formula is C10H10N2O2. The van der Waals surface area contributed by atoms with Crippen LogP contribution in [-0.2, 0) is 4.79 Å². The minimum atomic E-state index is -0.565. The van der Waals surface area contributed by atoms with Gasteiger partial charge in [0.1, 0.15) is 0 Å². The monoisotopic (exact) mass is 190 g/mol. The predicted octanol–water partition coefficient (Wildman–Crippen LogP) is 0.284. The summed E-state index contributed by atoms with van der Waals surface area (Å²) in [6.45, 7) is 0. The zero-order chi connectivity index (χ0) is 10.6. The van der Waals surface area contributed by atoms with Crippen molar-refractivity contribution in [2.75, 3.05) is 0 Å². The maximum Gasteiger partial charge on any atom is 0.249 e. The first kappa shape index (κ1) is 9.98. The van der Waals surface area contributed by atoms with Crippen molar-refractivity contribution in [3.05, 3.63) is 41.5 Å². The van der Waals surface area contributed by atoms with Crippen molar-refractivity contribution < 1.29 is 9.59 Å². The third-order valence-corrected chi connectivity index (χ3v) is 1.65. The number of carbonyl (C=O) groups excluding carboxylic acids is 2. The molecule has 1 aromatic carbocycles. The van der Waals surface area contributed by atoms with E-state index >= 15 is 0 Å². The zero-order valence-corrected chi connectivity index (χ0v) is 7.44. The molecule has 0 aliphatic rings. The third-order valence-electron chi connectivity index (χ3n) is 1.65. The van der Waals surface area contributed by atoms with Crippen molar-refractivity contribution >= 4 is 17.9 Å². The summed E-state index contributed by atoms with van der Waals surface area (Å²) >= 11 is 0. The predicted molar refractivity (Wildman–Crippen MR) is 53.2 cm³/mol. The van der Waals surface area contributed by atoms with Gasteiger partial charge in [-0.1, -0.05) is 18.2 Å². The summed E-state index contributed by atoms with van der Waals surface area (Å²) in [5, 5.41) is 0. The Morgan fingerprint density at radius 1 is 1.14 bits per heavy atom. The van der Waals surface area contributed by atoms with Gasteiger partial charge < -0.3 is 11.5 Å². The van der Waals surface area contributed by atoms with E-state index in [4.69, 9.17) is 11.5 Å². The SMILES string of the molecule is NC(=O)/C=C/c1ccccc1C(N)=O. The van der Waals surface area contributed by atoms with Crippen molar-refractivity contribution in [2.45, 2.75) is 0 Å². The summed E-state index contributed by atoms with van der Waals surface area (Å²) in [5.41, 5.74) is 11.0. The van der Waals surface area contributed by atoms with E-state index in [1.807, 2.05) is 0 Å². The number of primary amides is 2. The normalized spacial score (nSPS) is 10.3. The zero-order valence-electron chi connectivity index (χ0n) is 7.44. The molecular weight excluding hydrogens is 180 g/mol. The Morgan fingerprint density at radius 2 is 1.79 bits per heavy atom. The van der Waals surface area contributed by atoms with Crippen LogP contribution in [0.25, 0.3) is 6.08 Å². The minimum Gasteiger partial charge on any atom is -0.366 e. The van der Waals surface area contributed by atoms with E-state index in [0.717, 1.165) is 0 Å². The lowest BCUT2D eigenvalue weighted by atomic mass is 10.1. The van der Waals surface area contributed by atoms with Crippen molar-refractivity contribution in [3.63, 3.8) is 0 Å². The van der Waals surface area contributed by atoms with E-state index in [-0.39, 0.29) is 0 Å². The molecule has 1 aromatic rings. The van der Waals surface area contributed by atoms with Crippen LogP contribution in [-0.4, -0.2) is 11.8 Å². The molecule has 0 spiro atoms. The number of rotatable bonds is 3. The summed E-state index contributed by atoms with van der Waals surface area (Å²) in [4.78, 5) is 21.4. The van der Waals surface area contributed by atoms with E-state index in [2.05, 4.69) is 0 Å². The van der Waals surface area contributed by atoms with Crippen LogP contribution in [0.3, 0.4) is 0 Å². The Hall–Kier alpha value is -2.10. The number of hydrogen-bond donors (Lipinski definition) is 2. The standard InChI is InChI=1S/C10H10N2O2/c11-9(13)6-5-7-3-1-2-4-8(7)10(12)14/h1-6H,(H2,11,13)(H2,12,14)/b6-5+. The molecule has 14 heavy (non-hydrogen) atoms. The highest BCUT2D eigenvalue weighted by Gasteiger charge is 2.03. The number of nitrogens with two attached hydrogens (primary N) is 2.